The molecule has 6 rings (SSSR count). The molecule has 3 aromatic carbocycles. The van der Waals surface area contributed by atoms with Gasteiger partial charge in [-0.25, -0.2) is 4.99 Å². The number of nitro groups is 1. The van der Waals surface area contributed by atoms with Gasteiger partial charge in [-0.05, 0) is 55.5 Å². The maximum atomic E-state index is 14.1. The molecule has 0 unspecified atom stereocenters. The third kappa shape index (κ3) is 5.66. The lowest BCUT2D eigenvalue weighted by molar-refractivity contribution is -0.384. The fourth-order valence-electron chi connectivity index (χ4n) is 5.13. The van der Waals surface area contributed by atoms with Crippen LogP contribution in [-0.2, 0) is 4.79 Å². The fraction of sp³-hybridized carbons (Fsp3) is 0.121. The minimum atomic E-state index is -0.861. The van der Waals surface area contributed by atoms with Crippen molar-refractivity contribution >= 4 is 34.7 Å². The van der Waals surface area contributed by atoms with E-state index in [0.717, 1.165) is 0 Å². The van der Waals surface area contributed by atoms with Crippen LogP contribution in [0.25, 0.3) is 17.4 Å². The number of non-ortho nitro benzene ring substituents is 1. The van der Waals surface area contributed by atoms with Crippen LogP contribution >= 0.6 is 11.3 Å². The Bertz CT molecular complexity index is 2150. The molecule has 1 aliphatic rings. The standard InChI is InChI=1S/C33H26N4O7S/c1-19-29(31(38)35-21-7-5-4-6-8-21)30(25-15-13-23(42-2)17-27(25)43-3)36-32(39)28(45-33(36)34-19)18-24-14-16-26(44-24)20-9-11-22(12-10-20)37(40)41/h4-18,30H,1-3H3,(H,35,38)/b28-18-/t30-/m0/s1. The number of furan rings is 1. The van der Waals surface area contributed by atoms with Gasteiger partial charge in [-0.15, -0.1) is 0 Å². The molecule has 0 bridgehead atoms. The molecule has 5 aromatic rings. The number of nitrogens with one attached hydrogen (secondary N) is 1. The van der Waals surface area contributed by atoms with Crippen LogP contribution in [0.2, 0.25) is 0 Å². The molecule has 226 valence electrons. The largest absolute Gasteiger partial charge is 0.497 e. The van der Waals surface area contributed by atoms with Gasteiger partial charge in [0.15, 0.2) is 4.80 Å². The monoisotopic (exact) mass is 622 g/mol. The second kappa shape index (κ2) is 12.1. The van der Waals surface area contributed by atoms with Crippen molar-refractivity contribution in [2.75, 3.05) is 19.5 Å². The number of thiazole rings is 1. The van der Waals surface area contributed by atoms with Gasteiger partial charge in [0.2, 0.25) is 0 Å². The number of para-hydroxylation sites is 1. The number of fused-ring (bicyclic) bond motifs is 1. The lowest BCUT2D eigenvalue weighted by Crippen LogP contribution is -2.40. The SMILES string of the molecule is COc1ccc([C@H]2C(C(=O)Nc3ccccc3)=C(C)N=c3s/c(=C\c4ccc(-c5ccc([N+](=O)[O-])cc5)o4)c(=O)n32)c(OC)c1. The summed E-state index contributed by atoms with van der Waals surface area (Å²) >= 11 is 1.17. The van der Waals surface area contributed by atoms with Crippen molar-refractivity contribution in [1.29, 1.82) is 0 Å². The zero-order valence-electron chi connectivity index (χ0n) is 24.3. The van der Waals surface area contributed by atoms with Crippen LogP contribution < -0.4 is 29.7 Å². The Hall–Kier alpha value is -5.75. The molecule has 0 saturated heterocycles. The number of aromatic nitrogens is 1. The number of benzene rings is 3. The molecule has 3 heterocycles. The number of hydrogen-bond donors (Lipinski definition) is 1. The molecule has 45 heavy (non-hydrogen) atoms. The number of nitrogens with zero attached hydrogens (tertiary/aromatic N) is 3. The van der Waals surface area contributed by atoms with Gasteiger partial charge in [0.1, 0.15) is 29.1 Å². The highest BCUT2D eigenvalue weighted by atomic mass is 32.1. The third-order valence-electron chi connectivity index (χ3n) is 7.30. The van der Waals surface area contributed by atoms with Gasteiger partial charge in [-0.1, -0.05) is 29.5 Å². The van der Waals surface area contributed by atoms with Crippen LogP contribution in [-0.4, -0.2) is 29.6 Å². The summed E-state index contributed by atoms with van der Waals surface area (Å²) in [6, 6.07) is 22.8. The highest BCUT2D eigenvalue weighted by molar-refractivity contribution is 7.07. The smallest absolute Gasteiger partial charge is 0.271 e. The van der Waals surface area contributed by atoms with Crippen molar-refractivity contribution < 1.29 is 23.6 Å². The fourth-order valence-corrected chi connectivity index (χ4v) is 6.16. The number of carbonyl (C=O) groups excluding carboxylic acids is 1. The number of ether oxygens (including phenoxy) is 2. The third-order valence-corrected chi connectivity index (χ3v) is 8.28. The van der Waals surface area contributed by atoms with Crippen molar-refractivity contribution in [3.63, 3.8) is 0 Å². The lowest BCUT2D eigenvalue weighted by atomic mass is 9.94. The summed E-state index contributed by atoms with van der Waals surface area (Å²) in [7, 11) is 3.06. The summed E-state index contributed by atoms with van der Waals surface area (Å²) in [5.41, 5.74) is 2.18. The molecule has 0 radical (unpaired) electrons. The second-order valence-electron chi connectivity index (χ2n) is 10.0. The van der Waals surface area contributed by atoms with E-state index in [0.29, 0.717) is 60.4 Å². The Morgan fingerprint density at radius 2 is 1.80 bits per heavy atom. The van der Waals surface area contributed by atoms with Crippen molar-refractivity contribution in [3.8, 4) is 22.8 Å². The van der Waals surface area contributed by atoms with Gasteiger partial charge in [0.25, 0.3) is 17.2 Å². The number of amides is 1. The van der Waals surface area contributed by atoms with Crippen LogP contribution in [0.1, 0.15) is 24.3 Å². The topological polar surface area (TPSA) is 138 Å². The Morgan fingerprint density at radius 1 is 1.04 bits per heavy atom. The Kier molecular flexibility index (Phi) is 7.88. The normalized spacial score (nSPS) is 14.5. The number of hydrogen-bond acceptors (Lipinski definition) is 9. The second-order valence-corrected chi connectivity index (χ2v) is 11.0. The molecule has 0 fully saturated rings. The van der Waals surface area contributed by atoms with Crippen LogP contribution in [0.5, 0.6) is 11.5 Å². The molecule has 0 spiro atoms. The molecule has 0 aliphatic carbocycles. The molecule has 1 atom stereocenters. The number of anilines is 1. The maximum absolute atomic E-state index is 14.1. The van der Waals surface area contributed by atoms with E-state index in [1.54, 1.807) is 74.7 Å². The molecule has 0 saturated carbocycles. The quantitative estimate of drug-likeness (QED) is 0.189. The predicted molar refractivity (Wildman–Crippen MR) is 169 cm³/mol. The average Bonchev–Trinajstić information content (AvgIpc) is 3.64. The minimum absolute atomic E-state index is 0.0261. The summed E-state index contributed by atoms with van der Waals surface area (Å²) < 4.78 is 18.9. The first kappa shape index (κ1) is 29.3. The molecule has 11 nitrogen and oxygen atoms in total. The van der Waals surface area contributed by atoms with Crippen LogP contribution in [0.3, 0.4) is 0 Å². The molecular weight excluding hydrogens is 596 g/mol. The van der Waals surface area contributed by atoms with Crippen molar-refractivity contribution in [1.82, 2.24) is 4.57 Å². The van der Waals surface area contributed by atoms with Gasteiger partial charge in [0, 0.05) is 41.1 Å². The highest BCUT2D eigenvalue weighted by Crippen LogP contribution is 2.37. The zero-order valence-corrected chi connectivity index (χ0v) is 25.2. The molecule has 1 amide bonds. The van der Waals surface area contributed by atoms with Crippen molar-refractivity contribution in [3.05, 3.63) is 137 Å². The van der Waals surface area contributed by atoms with Gasteiger partial charge in [0.05, 0.1) is 34.9 Å². The summed E-state index contributed by atoms with van der Waals surface area (Å²) in [6.07, 6.45) is 1.62. The maximum Gasteiger partial charge on any atom is 0.271 e. The first-order valence-corrected chi connectivity index (χ1v) is 14.5. The summed E-state index contributed by atoms with van der Waals surface area (Å²) in [5, 5.41) is 13.9. The molecule has 2 aromatic heterocycles. The Labute approximate surface area is 260 Å². The zero-order chi connectivity index (χ0) is 31.7. The number of methoxy groups -OCH3 is 2. The van der Waals surface area contributed by atoms with E-state index in [9.17, 15) is 19.7 Å². The number of rotatable bonds is 8. The van der Waals surface area contributed by atoms with E-state index in [4.69, 9.17) is 13.9 Å². The lowest BCUT2D eigenvalue weighted by Gasteiger charge is -2.26. The van der Waals surface area contributed by atoms with E-state index < -0.39 is 16.9 Å². The number of nitro benzene ring substituents is 1. The summed E-state index contributed by atoms with van der Waals surface area (Å²) in [4.78, 5) is 43.6. The minimum Gasteiger partial charge on any atom is -0.497 e. The average molecular weight is 623 g/mol. The molecule has 12 heteroatoms. The van der Waals surface area contributed by atoms with Gasteiger partial charge in [-0.3, -0.25) is 24.3 Å². The van der Waals surface area contributed by atoms with Crippen molar-refractivity contribution in [2.45, 2.75) is 13.0 Å². The van der Waals surface area contributed by atoms with E-state index in [-0.39, 0.29) is 11.2 Å². The van der Waals surface area contributed by atoms with Gasteiger partial charge >= 0.3 is 0 Å². The first-order chi connectivity index (χ1) is 21.8. The molecule has 1 aliphatic heterocycles. The van der Waals surface area contributed by atoms with Gasteiger partial charge in [-0.2, -0.15) is 0 Å². The first-order valence-electron chi connectivity index (χ1n) is 13.7. The van der Waals surface area contributed by atoms with E-state index in [1.165, 1.54) is 35.1 Å². The van der Waals surface area contributed by atoms with Crippen LogP contribution in [0.15, 0.2) is 110 Å². The van der Waals surface area contributed by atoms with E-state index in [1.807, 2.05) is 18.2 Å². The number of allylic oxidation sites excluding steroid dienone is 1. The van der Waals surface area contributed by atoms with Crippen LogP contribution in [0, 0.1) is 10.1 Å². The van der Waals surface area contributed by atoms with E-state index >= 15 is 0 Å². The molecule has 1 N–H and O–H groups in total. The van der Waals surface area contributed by atoms with E-state index in [2.05, 4.69) is 10.3 Å². The Balaban J connectivity index is 1.46. The van der Waals surface area contributed by atoms with Crippen molar-refractivity contribution in [2.24, 2.45) is 4.99 Å². The highest BCUT2D eigenvalue weighted by Gasteiger charge is 2.34. The summed E-state index contributed by atoms with van der Waals surface area (Å²) in [6.45, 7) is 1.74. The Morgan fingerprint density at radius 3 is 2.49 bits per heavy atom. The summed E-state index contributed by atoms with van der Waals surface area (Å²) in [5.74, 6) is 1.48. The van der Waals surface area contributed by atoms with Gasteiger partial charge < -0.3 is 19.2 Å². The van der Waals surface area contributed by atoms with Crippen LogP contribution in [0.4, 0.5) is 11.4 Å². The predicted octanol–water partition coefficient (Wildman–Crippen LogP) is 5.06. The number of carbonyl (C=O) groups is 1. The molecular formula is C33H26N4O7S.